The summed E-state index contributed by atoms with van der Waals surface area (Å²) in [6.45, 7) is 4.60. The first-order valence-electron chi connectivity index (χ1n) is 6.68. The molecule has 1 atom stereocenters. The van der Waals surface area contributed by atoms with Gasteiger partial charge in [-0.25, -0.2) is 0 Å². The zero-order chi connectivity index (χ0) is 15.8. The van der Waals surface area contributed by atoms with Crippen molar-refractivity contribution in [3.63, 3.8) is 0 Å². The van der Waals surface area contributed by atoms with Gasteiger partial charge in [0.2, 0.25) is 0 Å². The number of carbonyl (C=O) groups excluding carboxylic acids is 1. The normalized spacial score (nSPS) is 11.8. The molecule has 0 amide bonds. The predicted octanol–water partition coefficient (Wildman–Crippen LogP) is 1.82. The van der Waals surface area contributed by atoms with E-state index >= 15 is 0 Å². The van der Waals surface area contributed by atoms with Crippen molar-refractivity contribution >= 4 is 11.7 Å². The van der Waals surface area contributed by atoms with Gasteiger partial charge in [0.05, 0.1) is 18.6 Å². The van der Waals surface area contributed by atoms with Crippen molar-refractivity contribution in [1.29, 1.82) is 0 Å². The molecular weight excluding hydrogens is 276 g/mol. The van der Waals surface area contributed by atoms with Crippen LogP contribution in [0.4, 0.5) is 5.69 Å². The van der Waals surface area contributed by atoms with E-state index in [0.29, 0.717) is 30.9 Å². The molecule has 1 N–H and O–H groups in total. The van der Waals surface area contributed by atoms with E-state index < -0.39 is 11.0 Å². The molecule has 1 aromatic rings. The summed E-state index contributed by atoms with van der Waals surface area (Å²) in [6, 6.07) is 3.99. The number of aryl methyl sites for hydroxylation is 1. The molecule has 1 aromatic carbocycles. The molecule has 7 nitrogen and oxygen atoms in total. The summed E-state index contributed by atoms with van der Waals surface area (Å²) in [5.41, 5.74) is 0.710. The molecule has 0 saturated heterocycles. The van der Waals surface area contributed by atoms with E-state index in [0.717, 1.165) is 0 Å². The molecule has 0 fully saturated rings. The predicted molar refractivity (Wildman–Crippen MR) is 77.4 cm³/mol. The lowest BCUT2D eigenvalue weighted by atomic mass is 10.2. The molecule has 0 aliphatic rings. The number of likely N-dealkylation sites (N-methyl/N-ethyl adjacent to an activating group) is 1. The maximum Gasteiger partial charge on any atom is 0.322 e. The molecule has 1 unspecified atom stereocenters. The Kier molecular flexibility index (Phi) is 6.61. The Labute approximate surface area is 123 Å². The third kappa shape index (κ3) is 5.03. The molecule has 116 valence electrons. The largest absolute Gasteiger partial charge is 0.493 e. The molecular formula is C14H20N2O5. The Bertz CT molecular complexity index is 504. The van der Waals surface area contributed by atoms with E-state index in [1.165, 1.54) is 19.2 Å². The van der Waals surface area contributed by atoms with Gasteiger partial charge in [-0.1, -0.05) is 6.92 Å². The van der Waals surface area contributed by atoms with Crippen molar-refractivity contribution in [1.82, 2.24) is 5.32 Å². The van der Waals surface area contributed by atoms with Crippen LogP contribution in [0, 0.1) is 17.0 Å². The highest BCUT2D eigenvalue weighted by atomic mass is 16.6. The van der Waals surface area contributed by atoms with Crippen molar-refractivity contribution < 1.29 is 19.2 Å². The number of ether oxygens (including phenoxy) is 2. The highest BCUT2D eigenvalue weighted by Gasteiger charge is 2.18. The van der Waals surface area contributed by atoms with Gasteiger partial charge in [0.1, 0.15) is 11.8 Å². The number of rotatable bonds is 8. The molecule has 0 aliphatic heterocycles. The van der Waals surface area contributed by atoms with E-state index in [1.807, 2.05) is 6.92 Å². The van der Waals surface area contributed by atoms with Crippen LogP contribution in [-0.4, -0.2) is 37.2 Å². The summed E-state index contributed by atoms with van der Waals surface area (Å²) in [5.74, 6) is 0.238. The van der Waals surface area contributed by atoms with Gasteiger partial charge in [-0.05, 0) is 25.1 Å². The molecule has 0 aromatic heterocycles. The molecule has 0 saturated carbocycles. The first-order valence-corrected chi connectivity index (χ1v) is 6.68. The lowest BCUT2D eigenvalue weighted by Crippen LogP contribution is -2.38. The Morgan fingerprint density at radius 2 is 2.19 bits per heavy atom. The fourth-order valence-corrected chi connectivity index (χ4v) is 1.89. The maximum atomic E-state index is 11.5. The minimum atomic E-state index is -0.449. The summed E-state index contributed by atoms with van der Waals surface area (Å²) in [5, 5.41) is 13.7. The van der Waals surface area contributed by atoms with E-state index in [1.54, 1.807) is 13.0 Å². The lowest BCUT2D eigenvalue weighted by molar-refractivity contribution is -0.384. The summed E-state index contributed by atoms with van der Waals surface area (Å²) in [7, 11) is 1.34. The van der Waals surface area contributed by atoms with E-state index in [9.17, 15) is 14.9 Å². The van der Waals surface area contributed by atoms with Gasteiger partial charge in [0, 0.05) is 18.6 Å². The van der Waals surface area contributed by atoms with Crippen LogP contribution in [0.5, 0.6) is 5.75 Å². The van der Waals surface area contributed by atoms with Gasteiger partial charge < -0.3 is 14.8 Å². The fraction of sp³-hybridized carbons (Fsp3) is 0.500. The zero-order valence-electron chi connectivity index (χ0n) is 12.4. The first kappa shape index (κ1) is 16.9. The average molecular weight is 296 g/mol. The number of hydrogen-bond acceptors (Lipinski definition) is 6. The van der Waals surface area contributed by atoms with E-state index in [-0.39, 0.29) is 11.7 Å². The number of nitro groups is 1. The topological polar surface area (TPSA) is 90.7 Å². The second kappa shape index (κ2) is 8.21. The highest BCUT2D eigenvalue weighted by molar-refractivity contribution is 5.75. The molecule has 0 spiro atoms. The second-order valence-corrected chi connectivity index (χ2v) is 4.48. The number of carbonyl (C=O) groups is 1. The Morgan fingerprint density at radius 3 is 2.71 bits per heavy atom. The van der Waals surface area contributed by atoms with Crippen LogP contribution in [0.1, 0.15) is 18.9 Å². The Morgan fingerprint density at radius 1 is 1.48 bits per heavy atom. The van der Waals surface area contributed by atoms with Gasteiger partial charge >= 0.3 is 5.97 Å². The Hall–Kier alpha value is -2.15. The van der Waals surface area contributed by atoms with Crippen LogP contribution in [-0.2, 0) is 9.53 Å². The number of hydrogen-bond donors (Lipinski definition) is 1. The molecule has 0 aliphatic carbocycles. The molecule has 7 heteroatoms. The van der Waals surface area contributed by atoms with Crippen LogP contribution in [0.15, 0.2) is 18.2 Å². The third-order valence-corrected chi connectivity index (χ3v) is 2.97. The fourth-order valence-electron chi connectivity index (χ4n) is 1.89. The van der Waals surface area contributed by atoms with Crippen molar-refractivity contribution in [2.45, 2.75) is 26.3 Å². The van der Waals surface area contributed by atoms with Crippen LogP contribution in [0.25, 0.3) is 0 Å². The number of methoxy groups -OCH3 is 1. The molecule has 0 bridgehead atoms. The van der Waals surface area contributed by atoms with Crippen LogP contribution in [0.2, 0.25) is 0 Å². The minimum absolute atomic E-state index is 0.0277. The second-order valence-electron chi connectivity index (χ2n) is 4.48. The van der Waals surface area contributed by atoms with Gasteiger partial charge in [-0.3, -0.25) is 14.9 Å². The summed E-state index contributed by atoms with van der Waals surface area (Å²) in [4.78, 5) is 21.7. The van der Waals surface area contributed by atoms with Crippen molar-refractivity contribution in [3.8, 4) is 5.75 Å². The molecule has 21 heavy (non-hydrogen) atoms. The van der Waals surface area contributed by atoms with Crippen LogP contribution < -0.4 is 10.1 Å². The number of nitrogens with one attached hydrogen (secondary N) is 1. The standard InChI is InChI=1S/C14H20N2O5/c1-4-15-12(14(17)20-3)7-8-21-13-6-5-11(16(18)19)9-10(13)2/h5-6,9,12,15H,4,7-8H2,1-3H3. The molecule has 1 rings (SSSR count). The monoisotopic (exact) mass is 296 g/mol. The smallest absolute Gasteiger partial charge is 0.322 e. The highest BCUT2D eigenvalue weighted by Crippen LogP contribution is 2.23. The van der Waals surface area contributed by atoms with Crippen LogP contribution >= 0.6 is 0 Å². The van der Waals surface area contributed by atoms with Gasteiger partial charge in [-0.2, -0.15) is 0 Å². The summed E-state index contributed by atoms with van der Waals surface area (Å²) < 4.78 is 10.3. The number of nitrogens with zero attached hydrogens (tertiary/aromatic N) is 1. The molecule has 0 radical (unpaired) electrons. The van der Waals surface area contributed by atoms with Crippen molar-refractivity contribution in [3.05, 3.63) is 33.9 Å². The average Bonchev–Trinajstić information content (AvgIpc) is 2.46. The van der Waals surface area contributed by atoms with E-state index in [2.05, 4.69) is 5.32 Å². The first-order chi connectivity index (χ1) is 9.99. The van der Waals surface area contributed by atoms with Crippen molar-refractivity contribution in [2.24, 2.45) is 0 Å². The molecule has 0 heterocycles. The SMILES string of the molecule is CCNC(CCOc1ccc([N+](=O)[O-])cc1C)C(=O)OC. The van der Waals surface area contributed by atoms with Gasteiger partial charge in [0.25, 0.3) is 5.69 Å². The quantitative estimate of drug-likeness (QED) is 0.447. The van der Waals surface area contributed by atoms with Crippen molar-refractivity contribution in [2.75, 3.05) is 20.3 Å². The zero-order valence-corrected chi connectivity index (χ0v) is 12.4. The van der Waals surface area contributed by atoms with E-state index in [4.69, 9.17) is 9.47 Å². The number of benzene rings is 1. The van der Waals surface area contributed by atoms with Crippen LogP contribution in [0.3, 0.4) is 0 Å². The number of non-ortho nitro benzene ring substituents is 1. The summed E-state index contributed by atoms with van der Waals surface area (Å²) >= 11 is 0. The summed E-state index contributed by atoms with van der Waals surface area (Å²) in [6.07, 6.45) is 0.455. The van der Waals surface area contributed by atoms with Gasteiger partial charge in [0.15, 0.2) is 0 Å². The minimum Gasteiger partial charge on any atom is -0.493 e. The Balaban J connectivity index is 2.58. The lowest BCUT2D eigenvalue weighted by Gasteiger charge is -2.16. The maximum absolute atomic E-state index is 11.5. The number of nitro benzene ring substituents is 1. The third-order valence-electron chi connectivity index (χ3n) is 2.97. The number of esters is 1. The van der Waals surface area contributed by atoms with Gasteiger partial charge in [-0.15, -0.1) is 0 Å².